The van der Waals surface area contributed by atoms with Gasteiger partial charge in [-0.2, -0.15) is 0 Å². The zero-order valence-electron chi connectivity index (χ0n) is 10.1. The van der Waals surface area contributed by atoms with Crippen molar-refractivity contribution in [2.24, 2.45) is 11.7 Å². The monoisotopic (exact) mass is 253 g/mol. The van der Waals surface area contributed by atoms with Crippen molar-refractivity contribution in [2.45, 2.75) is 6.92 Å². The molecular formula is C11H19N5S. The van der Waals surface area contributed by atoms with Crippen LogP contribution in [0.25, 0.3) is 0 Å². The summed E-state index contributed by atoms with van der Waals surface area (Å²) in [6.45, 7) is 6.97. The summed E-state index contributed by atoms with van der Waals surface area (Å²) in [4.78, 5) is 9.02. The Bertz CT molecular complexity index is 356. The molecule has 5 nitrogen and oxygen atoms in total. The minimum Gasteiger partial charge on any atom is -0.387 e. The van der Waals surface area contributed by atoms with E-state index in [4.69, 9.17) is 11.1 Å². The fourth-order valence-electron chi connectivity index (χ4n) is 1.98. The Morgan fingerprint density at radius 3 is 2.76 bits per heavy atom. The fourth-order valence-corrected chi connectivity index (χ4v) is 2.68. The molecule has 0 radical (unpaired) electrons. The third kappa shape index (κ3) is 3.17. The highest BCUT2D eigenvalue weighted by Crippen LogP contribution is 2.19. The summed E-state index contributed by atoms with van der Waals surface area (Å²) >= 11 is 1.69. The summed E-state index contributed by atoms with van der Waals surface area (Å²) in [6.07, 6.45) is 1.85. The van der Waals surface area contributed by atoms with Gasteiger partial charge in [0.1, 0.15) is 0 Å². The van der Waals surface area contributed by atoms with Crippen LogP contribution >= 0.6 is 11.3 Å². The van der Waals surface area contributed by atoms with E-state index in [1.807, 2.05) is 18.5 Å². The number of hydrogen-bond donors (Lipinski definition) is 2. The highest BCUT2D eigenvalue weighted by molar-refractivity contribution is 7.13. The highest BCUT2D eigenvalue weighted by Gasteiger charge is 2.20. The maximum absolute atomic E-state index is 7.40. The van der Waals surface area contributed by atoms with Crippen molar-refractivity contribution in [3.63, 3.8) is 0 Å². The first-order chi connectivity index (χ1) is 8.16. The van der Waals surface area contributed by atoms with E-state index < -0.39 is 0 Å². The molecule has 6 heteroatoms. The number of nitrogens with two attached hydrogens (primary N) is 1. The Morgan fingerprint density at radius 2 is 2.24 bits per heavy atom. The molecular weight excluding hydrogens is 234 g/mol. The lowest BCUT2D eigenvalue weighted by Crippen LogP contribution is -2.48. The van der Waals surface area contributed by atoms with Crippen molar-refractivity contribution in [3.05, 3.63) is 11.6 Å². The Labute approximate surface area is 106 Å². The van der Waals surface area contributed by atoms with Gasteiger partial charge < -0.3 is 10.6 Å². The van der Waals surface area contributed by atoms with E-state index in [-0.39, 0.29) is 11.8 Å². The molecule has 0 spiro atoms. The molecule has 2 heterocycles. The SMILES string of the molecule is CC(CN1CCN(c2nccs2)CC1)C(=N)N. The Balaban J connectivity index is 1.80. The number of anilines is 1. The zero-order chi connectivity index (χ0) is 12.3. The Hall–Kier alpha value is -1.14. The summed E-state index contributed by atoms with van der Waals surface area (Å²) in [7, 11) is 0. The van der Waals surface area contributed by atoms with Gasteiger partial charge in [0.15, 0.2) is 5.13 Å². The molecule has 1 atom stereocenters. The molecule has 1 aromatic heterocycles. The smallest absolute Gasteiger partial charge is 0.185 e. The number of amidine groups is 1. The van der Waals surface area contributed by atoms with Crippen LogP contribution in [0.4, 0.5) is 5.13 Å². The second-order valence-corrected chi connectivity index (χ2v) is 5.33. The van der Waals surface area contributed by atoms with Crippen molar-refractivity contribution >= 4 is 22.3 Å². The molecule has 1 aromatic rings. The van der Waals surface area contributed by atoms with Gasteiger partial charge in [0, 0.05) is 50.2 Å². The van der Waals surface area contributed by atoms with E-state index >= 15 is 0 Å². The van der Waals surface area contributed by atoms with Gasteiger partial charge in [-0.15, -0.1) is 11.3 Å². The standard InChI is InChI=1S/C11H19N5S/c1-9(10(12)13)8-15-3-5-16(6-4-15)11-14-2-7-17-11/h2,7,9H,3-6,8H2,1H3,(H3,12,13). The third-order valence-corrected chi connectivity index (χ3v) is 3.96. The van der Waals surface area contributed by atoms with Crippen LogP contribution in [-0.2, 0) is 0 Å². The minimum atomic E-state index is 0.154. The van der Waals surface area contributed by atoms with Crippen molar-refractivity contribution in [1.82, 2.24) is 9.88 Å². The fraction of sp³-hybridized carbons (Fsp3) is 0.636. The average molecular weight is 253 g/mol. The van der Waals surface area contributed by atoms with Crippen LogP contribution in [0.5, 0.6) is 0 Å². The summed E-state index contributed by atoms with van der Waals surface area (Å²) in [6, 6.07) is 0. The number of hydrogen-bond acceptors (Lipinski definition) is 5. The molecule has 0 aromatic carbocycles. The predicted molar refractivity (Wildman–Crippen MR) is 71.8 cm³/mol. The normalized spacial score (nSPS) is 19.2. The molecule has 1 aliphatic rings. The maximum Gasteiger partial charge on any atom is 0.185 e. The van der Waals surface area contributed by atoms with E-state index in [1.54, 1.807) is 11.3 Å². The number of thiazole rings is 1. The van der Waals surface area contributed by atoms with Gasteiger partial charge in [-0.3, -0.25) is 10.3 Å². The first-order valence-corrected chi connectivity index (χ1v) is 6.75. The van der Waals surface area contributed by atoms with Crippen LogP contribution < -0.4 is 10.6 Å². The largest absolute Gasteiger partial charge is 0.387 e. The van der Waals surface area contributed by atoms with E-state index in [0.29, 0.717) is 0 Å². The van der Waals surface area contributed by atoms with Crippen LogP contribution in [-0.4, -0.2) is 48.4 Å². The van der Waals surface area contributed by atoms with E-state index in [9.17, 15) is 0 Å². The van der Waals surface area contributed by atoms with Crippen LogP contribution in [0.1, 0.15) is 6.92 Å². The number of rotatable bonds is 4. The number of nitrogens with zero attached hydrogens (tertiary/aromatic N) is 3. The Kier molecular flexibility index (Phi) is 3.96. The molecule has 1 unspecified atom stereocenters. The van der Waals surface area contributed by atoms with Crippen LogP contribution in [0.15, 0.2) is 11.6 Å². The molecule has 17 heavy (non-hydrogen) atoms. The van der Waals surface area contributed by atoms with Crippen LogP contribution in [0.2, 0.25) is 0 Å². The first-order valence-electron chi connectivity index (χ1n) is 5.87. The number of nitrogens with one attached hydrogen (secondary N) is 1. The lowest BCUT2D eigenvalue weighted by Gasteiger charge is -2.35. The predicted octanol–water partition coefficient (Wildman–Crippen LogP) is 0.837. The number of aromatic nitrogens is 1. The quantitative estimate of drug-likeness (QED) is 0.616. The lowest BCUT2D eigenvalue weighted by molar-refractivity contribution is 0.243. The highest BCUT2D eigenvalue weighted by atomic mass is 32.1. The van der Waals surface area contributed by atoms with Gasteiger partial charge in [0.25, 0.3) is 0 Å². The van der Waals surface area contributed by atoms with E-state index in [0.717, 1.165) is 37.9 Å². The van der Waals surface area contributed by atoms with Gasteiger partial charge in [-0.05, 0) is 0 Å². The van der Waals surface area contributed by atoms with Gasteiger partial charge in [0.05, 0.1) is 5.84 Å². The minimum absolute atomic E-state index is 0.154. The van der Waals surface area contributed by atoms with Crippen molar-refractivity contribution in [1.29, 1.82) is 5.41 Å². The molecule has 0 aliphatic carbocycles. The van der Waals surface area contributed by atoms with Crippen molar-refractivity contribution in [2.75, 3.05) is 37.6 Å². The molecule has 0 amide bonds. The van der Waals surface area contributed by atoms with Crippen molar-refractivity contribution in [3.8, 4) is 0 Å². The average Bonchev–Trinajstić information content (AvgIpc) is 2.83. The van der Waals surface area contributed by atoms with E-state index in [2.05, 4.69) is 14.8 Å². The summed E-state index contributed by atoms with van der Waals surface area (Å²) in [5.74, 6) is 0.439. The van der Waals surface area contributed by atoms with Gasteiger partial charge in [0.2, 0.25) is 0 Å². The molecule has 2 rings (SSSR count). The van der Waals surface area contributed by atoms with Gasteiger partial charge in [-0.1, -0.05) is 6.92 Å². The summed E-state index contributed by atoms with van der Waals surface area (Å²) < 4.78 is 0. The molecule has 0 bridgehead atoms. The van der Waals surface area contributed by atoms with Gasteiger partial charge >= 0.3 is 0 Å². The molecule has 3 N–H and O–H groups in total. The second kappa shape index (κ2) is 5.46. The van der Waals surface area contributed by atoms with Gasteiger partial charge in [-0.25, -0.2) is 4.98 Å². The molecule has 94 valence electrons. The molecule has 1 aliphatic heterocycles. The zero-order valence-corrected chi connectivity index (χ0v) is 10.9. The second-order valence-electron chi connectivity index (χ2n) is 4.46. The molecule has 1 saturated heterocycles. The topological polar surface area (TPSA) is 69.2 Å². The lowest BCUT2D eigenvalue weighted by atomic mass is 10.1. The molecule has 0 saturated carbocycles. The van der Waals surface area contributed by atoms with E-state index in [1.165, 1.54) is 0 Å². The third-order valence-electron chi connectivity index (χ3n) is 3.13. The molecule has 1 fully saturated rings. The van der Waals surface area contributed by atoms with Crippen molar-refractivity contribution < 1.29 is 0 Å². The Morgan fingerprint density at radius 1 is 1.53 bits per heavy atom. The number of piperazine rings is 1. The summed E-state index contributed by atoms with van der Waals surface area (Å²) in [5, 5.41) is 10.5. The maximum atomic E-state index is 7.40. The first kappa shape index (κ1) is 12.3. The van der Waals surface area contributed by atoms with Crippen LogP contribution in [0, 0.1) is 11.3 Å². The summed E-state index contributed by atoms with van der Waals surface area (Å²) in [5.41, 5.74) is 5.50. The van der Waals surface area contributed by atoms with Crippen LogP contribution in [0.3, 0.4) is 0 Å².